The fourth-order valence-electron chi connectivity index (χ4n) is 2.79. The van der Waals surface area contributed by atoms with Gasteiger partial charge in [-0.2, -0.15) is 0 Å². The van der Waals surface area contributed by atoms with Crippen LogP contribution in [0.15, 0.2) is 24.3 Å². The molecule has 2 aliphatic rings. The Bertz CT molecular complexity index is 596. The minimum absolute atomic E-state index is 0.0342. The van der Waals surface area contributed by atoms with Gasteiger partial charge in [0, 0.05) is 24.5 Å². The molecule has 0 unspecified atom stereocenters. The Labute approximate surface area is 142 Å². The zero-order valence-corrected chi connectivity index (χ0v) is 14.2. The van der Waals surface area contributed by atoms with E-state index < -0.39 is 6.10 Å². The third-order valence-electron chi connectivity index (χ3n) is 4.59. The van der Waals surface area contributed by atoms with Gasteiger partial charge < -0.3 is 19.7 Å². The van der Waals surface area contributed by atoms with E-state index in [1.807, 2.05) is 31.2 Å². The molecule has 0 radical (unpaired) electrons. The molecule has 6 nitrogen and oxygen atoms in total. The van der Waals surface area contributed by atoms with Crippen molar-refractivity contribution in [3.63, 3.8) is 0 Å². The molecule has 1 aromatic carbocycles. The topological polar surface area (TPSA) is 67.9 Å². The molecule has 1 N–H and O–H groups in total. The van der Waals surface area contributed by atoms with Crippen molar-refractivity contribution in [1.82, 2.24) is 0 Å². The Morgan fingerprint density at radius 2 is 1.88 bits per heavy atom. The molecule has 1 aromatic rings. The van der Waals surface area contributed by atoms with E-state index in [4.69, 9.17) is 9.47 Å². The van der Waals surface area contributed by atoms with E-state index in [0.717, 1.165) is 38.4 Å². The van der Waals surface area contributed by atoms with Gasteiger partial charge in [0.1, 0.15) is 0 Å². The first-order valence-electron chi connectivity index (χ1n) is 8.48. The Morgan fingerprint density at radius 1 is 1.25 bits per heavy atom. The lowest BCUT2D eigenvalue weighted by atomic mass is 10.2. The van der Waals surface area contributed by atoms with Crippen LogP contribution in [0.4, 0.5) is 11.4 Å². The third kappa shape index (κ3) is 4.06. The first kappa shape index (κ1) is 16.8. The zero-order chi connectivity index (χ0) is 17.1. The Balaban J connectivity index is 1.51. The minimum Gasteiger partial charge on any atom is -0.452 e. The van der Waals surface area contributed by atoms with Crippen molar-refractivity contribution >= 4 is 23.3 Å². The van der Waals surface area contributed by atoms with Gasteiger partial charge in [-0.3, -0.25) is 9.59 Å². The molecule has 1 saturated heterocycles. The van der Waals surface area contributed by atoms with Crippen LogP contribution >= 0.6 is 0 Å². The molecule has 0 spiro atoms. The highest BCUT2D eigenvalue weighted by molar-refractivity contribution is 5.95. The Hall–Kier alpha value is -2.08. The van der Waals surface area contributed by atoms with Crippen molar-refractivity contribution < 1.29 is 19.1 Å². The van der Waals surface area contributed by atoms with Crippen molar-refractivity contribution in [3.05, 3.63) is 24.3 Å². The fourth-order valence-corrected chi connectivity index (χ4v) is 2.79. The molecule has 1 heterocycles. The fraction of sp³-hybridized carbons (Fsp3) is 0.556. The summed E-state index contributed by atoms with van der Waals surface area (Å²) in [5, 5.41) is 2.79. The molecule has 6 heteroatoms. The molecule has 0 bridgehead atoms. The molecule has 3 rings (SSSR count). The third-order valence-corrected chi connectivity index (χ3v) is 4.59. The van der Waals surface area contributed by atoms with E-state index in [1.165, 1.54) is 0 Å². The average Bonchev–Trinajstić information content (AvgIpc) is 3.33. The number of ether oxygens (including phenoxy) is 2. The summed E-state index contributed by atoms with van der Waals surface area (Å²) >= 11 is 0. The van der Waals surface area contributed by atoms with E-state index in [1.54, 1.807) is 6.92 Å². The molecule has 1 aliphatic carbocycles. The number of hydrogen-bond acceptors (Lipinski definition) is 5. The number of anilines is 2. The maximum atomic E-state index is 12.1. The molecule has 1 aliphatic heterocycles. The molecule has 3 atom stereocenters. The van der Waals surface area contributed by atoms with Gasteiger partial charge in [0.25, 0.3) is 5.91 Å². The lowest BCUT2D eigenvalue weighted by Crippen LogP contribution is -2.36. The van der Waals surface area contributed by atoms with Gasteiger partial charge in [-0.25, -0.2) is 0 Å². The molecule has 0 aromatic heterocycles. The molecule has 1 saturated carbocycles. The van der Waals surface area contributed by atoms with E-state index in [2.05, 4.69) is 10.2 Å². The summed E-state index contributed by atoms with van der Waals surface area (Å²) in [7, 11) is 0. The Morgan fingerprint density at radius 3 is 2.46 bits per heavy atom. The van der Waals surface area contributed by atoms with Gasteiger partial charge >= 0.3 is 5.97 Å². The van der Waals surface area contributed by atoms with Crippen LogP contribution in [0.1, 0.15) is 20.3 Å². The zero-order valence-electron chi connectivity index (χ0n) is 14.2. The van der Waals surface area contributed by atoms with Gasteiger partial charge in [0.15, 0.2) is 6.10 Å². The molecule has 24 heavy (non-hydrogen) atoms. The lowest BCUT2D eigenvalue weighted by molar-refractivity contribution is -0.154. The molecule has 130 valence electrons. The van der Waals surface area contributed by atoms with Crippen molar-refractivity contribution in [2.45, 2.75) is 26.4 Å². The number of carbonyl (C=O) groups is 2. The van der Waals surface area contributed by atoms with Gasteiger partial charge in [-0.05, 0) is 43.5 Å². The predicted molar refractivity (Wildman–Crippen MR) is 90.9 cm³/mol. The monoisotopic (exact) mass is 332 g/mol. The molecular weight excluding hydrogens is 308 g/mol. The first-order valence-corrected chi connectivity index (χ1v) is 8.48. The number of carbonyl (C=O) groups excluding carboxylic acids is 2. The van der Waals surface area contributed by atoms with Crippen LogP contribution in [0, 0.1) is 11.8 Å². The van der Waals surface area contributed by atoms with Crippen molar-refractivity contribution in [1.29, 1.82) is 0 Å². The highest BCUT2D eigenvalue weighted by Gasteiger charge is 2.41. The average molecular weight is 332 g/mol. The molecular formula is C18H24N2O4. The van der Waals surface area contributed by atoms with E-state index in [-0.39, 0.29) is 17.8 Å². The maximum absolute atomic E-state index is 12.1. The van der Waals surface area contributed by atoms with Crippen molar-refractivity contribution in [2.75, 3.05) is 36.5 Å². The number of benzene rings is 1. The van der Waals surface area contributed by atoms with Gasteiger partial charge in [-0.15, -0.1) is 0 Å². The van der Waals surface area contributed by atoms with E-state index >= 15 is 0 Å². The lowest BCUT2D eigenvalue weighted by Gasteiger charge is -2.28. The summed E-state index contributed by atoms with van der Waals surface area (Å²) in [6.45, 7) is 6.83. The number of esters is 1. The summed E-state index contributed by atoms with van der Waals surface area (Å²) in [4.78, 5) is 26.2. The number of amides is 1. The second-order valence-corrected chi connectivity index (χ2v) is 6.53. The summed E-state index contributed by atoms with van der Waals surface area (Å²) in [5.74, 6) is -0.239. The standard InChI is InChI=1S/C18H24N2O4/c1-12-11-16(12)18(22)24-13(2)17(21)19-14-3-5-15(6-4-14)20-7-9-23-10-8-20/h3-6,12-13,16H,7-11H2,1-2H3,(H,19,21)/t12-,13-,16+/m0/s1. The maximum Gasteiger partial charge on any atom is 0.309 e. The SMILES string of the molecule is C[C@H](OC(=O)[C@@H]1C[C@@H]1C)C(=O)Nc1ccc(N2CCOCC2)cc1. The van der Waals surface area contributed by atoms with Crippen LogP contribution in [0.2, 0.25) is 0 Å². The largest absolute Gasteiger partial charge is 0.452 e. The first-order chi connectivity index (χ1) is 11.5. The van der Waals surface area contributed by atoms with Gasteiger partial charge in [0.05, 0.1) is 19.1 Å². The van der Waals surface area contributed by atoms with Crippen LogP contribution in [-0.4, -0.2) is 44.3 Å². The second-order valence-electron chi connectivity index (χ2n) is 6.53. The molecule has 2 fully saturated rings. The number of morpholine rings is 1. The summed E-state index contributed by atoms with van der Waals surface area (Å²) in [6.07, 6.45) is 0.0696. The smallest absolute Gasteiger partial charge is 0.309 e. The number of rotatable bonds is 5. The Kier molecular flexibility index (Phi) is 5.04. The van der Waals surface area contributed by atoms with Gasteiger partial charge in [-0.1, -0.05) is 6.92 Å². The van der Waals surface area contributed by atoms with Crippen molar-refractivity contribution in [3.8, 4) is 0 Å². The highest BCUT2D eigenvalue weighted by atomic mass is 16.5. The van der Waals surface area contributed by atoms with Crippen LogP contribution in [0.3, 0.4) is 0 Å². The van der Waals surface area contributed by atoms with Crippen LogP contribution < -0.4 is 10.2 Å². The highest BCUT2D eigenvalue weighted by Crippen LogP contribution is 2.38. The van der Waals surface area contributed by atoms with Crippen molar-refractivity contribution in [2.24, 2.45) is 11.8 Å². The quantitative estimate of drug-likeness (QED) is 0.836. The van der Waals surface area contributed by atoms with E-state index in [0.29, 0.717) is 11.6 Å². The number of nitrogens with zero attached hydrogens (tertiary/aromatic N) is 1. The number of hydrogen-bond donors (Lipinski definition) is 1. The summed E-state index contributed by atoms with van der Waals surface area (Å²) in [6, 6.07) is 7.67. The van der Waals surface area contributed by atoms with Crippen LogP contribution in [0.5, 0.6) is 0 Å². The minimum atomic E-state index is -0.788. The normalized spacial score (nSPS) is 24.2. The van der Waals surface area contributed by atoms with Gasteiger partial charge in [0.2, 0.25) is 0 Å². The predicted octanol–water partition coefficient (Wildman–Crippen LogP) is 2.05. The number of nitrogens with one attached hydrogen (secondary N) is 1. The second kappa shape index (κ2) is 7.21. The van der Waals surface area contributed by atoms with E-state index in [9.17, 15) is 9.59 Å². The van der Waals surface area contributed by atoms with Crippen LogP contribution in [-0.2, 0) is 19.1 Å². The molecule has 1 amide bonds. The summed E-state index contributed by atoms with van der Waals surface area (Å²) < 4.78 is 10.6. The summed E-state index contributed by atoms with van der Waals surface area (Å²) in [5.41, 5.74) is 1.80. The van der Waals surface area contributed by atoms with Crippen LogP contribution in [0.25, 0.3) is 0 Å².